The van der Waals surface area contributed by atoms with Gasteiger partial charge in [0.25, 0.3) is 0 Å². The zero-order chi connectivity index (χ0) is 14.0. The Labute approximate surface area is 129 Å². The van der Waals surface area contributed by atoms with Crippen LogP contribution < -0.4 is 4.74 Å². The molecule has 1 unspecified atom stereocenters. The van der Waals surface area contributed by atoms with Gasteiger partial charge in [0, 0.05) is 11.1 Å². The minimum Gasteiger partial charge on any atom is -0.496 e. The Morgan fingerprint density at radius 2 is 1.89 bits per heavy atom. The minimum atomic E-state index is -0.257. The molecule has 2 aromatic rings. The summed E-state index contributed by atoms with van der Waals surface area (Å²) in [6.45, 7) is 2.00. The lowest BCUT2D eigenvalue weighted by Gasteiger charge is -2.16. The summed E-state index contributed by atoms with van der Waals surface area (Å²) in [7, 11) is 1.62. The van der Waals surface area contributed by atoms with Gasteiger partial charge in [-0.2, -0.15) is 0 Å². The third-order valence-corrected chi connectivity index (χ3v) is 4.51. The maximum absolute atomic E-state index is 14.2. The third kappa shape index (κ3) is 3.00. The molecule has 19 heavy (non-hydrogen) atoms. The number of rotatable bonds is 3. The van der Waals surface area contributed by atoms with Crippen LogP contribution in [0.1, 0.15) is 21.5 Å². The van der Waals surface area contributed by atoms with Crippen LogP contribution in [0.4, 0.5) is 4.39 Å². The van der Waals surface area contributed by atoms with E-state index in [1.165, 1.54) is 0 Å². The molecule has 0 aromatic heterocycles. The molecule has 2 rings (SSSR count). The molecule has 1 atom stereocenters. The highest BCUT2D eigenvalue weighted by Gasteiger charge is 2.19. The first-order chi connectivity index (χ1) is 9.04. The highest BCUT2D eigenvalue weighted by Crippen LogP contribution is 2.39. The maximum atomic E-state index is 14.2. The molecule has 0 radical (unpaired) electrons. The summed E-state index contributed by atoms with van der Waals surface area (Å²) in [5.41, 5.74) is 2.61. The molecule has 0 amide bonds. The molecule has 0 saturated carbocycles. The normalized spacial score (nSPS) is 12.3. The summed E-state index contributed by atoms with van der Waals surface area (Å²) in [6.07, 6.45) is 0. The lowest BCUT2D eigenvalue weighted by Crippen LogP contribution is -2.00. The van der Waals surface area contributed by atoms with E-state index in [0.29, 0.717) is 10.0 Å². The fourth-order valence-electron chi connectivity index (χ4n) is 1.94. The van der Waals surface area contributed by atoms with Gasteiger partial charge in [0.15, 0.2) is 0 Å². The number of alkyl halides is 1. The van der Waals surface area contributed by atoms with E-state index >= 15 is 0 Å². The Hall–Kier alpha value is -0.870. The summed E-state index contributed by atoms with van der Waals surface area (Å²) >= 11 is 6.77. The summed E-state index contributed by atoms with van der Waals surface area (Å²) in [5.74, 6) is 0.486. The smallest absolute Gasteiger partial charge is 0.142 e. The van der Waals surface area contributed by atoms with E-state index in [2.05, 4.69) is 31.9 Å². The molecule has 4 heteroatoms. The molecule has 0 aliphatic heterocycles. The standard InChI is InChI=1S/C15H13Br2FO/c1-9-6-7-13(19-2)11(8-9)14(17)10-4-3-5-12(16)15(10)18/h3-8,14H,1-2H3. The lowest BCUT2D eigenvalue weighted by atomic mass is 10.0. The first-order valence-corrected chi connectivity index (χ1v) is 7.48. The number of aryl methyl sites for hydroxylation is 1. The van der Waals surface area contributed by atoms with Gasteiger partial charge in [-0.15, -0.1) is 0 Å². The van der Waals surface area contributed by atoms with E-state index < -0.39 is 0 Å². The van der Waals surface area contributed by atoms with Gasteiger partial charge in [0.05, 0.1) is 16.4 Å². The minimum absolute atomic E-state index is 0.250. The number of halogens is 3. The van der Waals surface area contributed by atoms with Crippen molar-refractivity contribution in [2.24, 2.45) is 0 Å². The van der Waals surface area contributed by atoms with Crippen LogP contribution in [-0.4, -0.2) is 7.11 Å². The summed E-state index contributed by atoms with van der Waals surface area (Å²) in [4.78, 5) is -0.250. The predicted octanol–water partition coefficient (Wildman–Crippen LogP) is 5.39. The fraction of sp³-hybridized carbons (Fsp3) is 0.200. The Kier molecular flexibility index (Phi) is 4.63. The second kappa shape index (κ2) is 6.06. The zero-order valence-electron chi connectivity index (χ0n) is 10.6. The molecule has 0 spiro atoms. The van der Waals surface area contributed by atoms with Crippen LogP contribution in [0.15, 0.2) is 40.9 Å². The quantitative estimate of drug-likeness (QED) is 0.641. The van der Waals surface area contributed by atoms with Crippen LogP contribution in [0.2, 0.25) is 0 Å². The van der Waals surface area contributed by atoms with Crippen LogP contribution in [0, 0.1) is 12.7 Å². The summed E-state index contributed by atoms with van der Waals surface area (Å²) in [6, 6.07) is 11.1. The molecule has 100 valence electrons. The van der Waals surface area contributed by atoms with E-state index in [9.17, 15) is 4.39 Å². The Bertz CT molecular complexity index is 599. The van der Waals surface area contributed by atoms with Crippen molar-refractivity contribution >= 4 is 31.9 Å². The van der Waals surface area contributed by atoms with E-state index in [0.717, 1.165) is 16.9 Å². The van der Waals surface area contributed by atoms with Crippen LogP contribution in [0.5, 0.6) is 5.75 Å². The molecular formula is C15H13Br2FO. The largest absolute Gasteiger partial charge is 0.496 e. The highest BCUT2D eigenvalue weighted by atomic mass is 79.9. The van der Waals surface area contributed by atoms with Gasteiger partial charge in [0.1, 0.15) is 11.6 Å². The van der Waals surface area contributed by atoms with Crippen molar-refractivity contribution in [1.29, 1.82) is 0 Å². The summed E-state index contributed by atoms with van der Waals surface area (Å²) < 4.78 is 20.0. The second-order valence-electron chi connectivity index (χ2n) is 4.25. The van der Waals surface area contributed by atoms with Gasteiger partial charge in [0.2, 0.25) is 0 Å². The van der Waals surface area contributed by atoms with E-state index in [4.69, 9.17) is 4.74 Å². The Balaban J connectivity index is 2.52. The molecule has 0 aliphatic carbocycles. The number of ether oxygens (including phenoxy) is 1. The average molecular weight is 388 g/mol. The molecule has 0 fully saturated rings. The maximum Gasteiger partial charge on any atom is 0.142 e. The molecule has 2 aromatic carbocycles. The number of benzene rings is 2. The highest BCUT2D eigenvalue weighted by molar-refractivity contribution is 9.10. The Morgan fingerprint density at radius 1 is 1.16 bits per heavy atom. The Morgan fingerprint density at radius 3 is 2.58 bits per heavy atom. The SMILES string of the molecule is COc1ccc(C)cc1C(Br)c1cccc(Br)c1F. The van der Waals surface area contributed by atoms with Gasteiger partial charge >= 0.3 is 0 Å². The van der Waals surface area contributed by atoms with Crippen molar-refractivity contribution in [3.8, 4) is 5.75 Å². The molecule has 1 nitrogen and oxygen atoms in total. The van der Waals surface area contributed by atoms with Crippen molar-refractivity contribution in [2.75, 3.05) is 7.11 Å². The molecule has 0 bridgehead atoms. The first kappa shape index (κ1) is 14.5. The van der Waals surface area contributed by atoms with Crippen molar-refractivity contribution in [2.45, 2.75) is 11.8 Å². The van der Waals surface area contributed by atoms with Crippen LogP contribution >= 0.6 is 31.9 Å². The number of hydrogen-bond acceptors (Lipinski definition) is 1. The number of hydrogen-bond donors (Lipinski definition) is 0. The van der Waals surface area contributed by atoms with E-state index in [1.807, 2.05) is 31.2 Å². The third-order valence-electron chi connectivity index (χ3n) is 2.91. The van der Waals surface area contributed by atoms with Crippen molar-refractivity contribution < 1.29 is 9.13 Å². The molecule has 0 N–H and O–H groups in total. The average Bonchev–Trinajstić information content (AvgIpc) is 2.41. The molecule has 0 aliphatic rings. The molecular weight excluding hydrogens is 375 g/mol. The van der Waals surface area contributed by atoms with Gasteiger partial charge in [-0.05, 0) is 35.0 Å². The van der Waals surface area contributed by atoms with Crippen LogP contribution in [0.3, 0.4) is 0 Å². The van der Waals surface area contributed by atoms with E-state index in [1.54, 1.807) is 19.2 Å². The molecule has 0 saturated heterocycles. The van der Waals surface area contributed by atoms with Gasteiger partial charge in [-0.1, -0.05) is 45.8 Å². The van der Waals surface area contributed by atoms with Crippen LogP contribution in [0.25, 0.3) is 0 Å². The first-order valence-electron chi connectivity index (χ1n) is 5.77. The monoisotopic (exact) mass is 386 g/mol. The van der Waals surface area contributed by atoms with Gasteiger partial charge < -0.3 is 4.74 Å². The lowest BCUT2D eigenvalue weighted by molar-refractivity contribution is 0.410. The fourth-order valence-corrected chi connectivity index (χ4v) is 3.03. The van der Waals surface area contributed by atoms with Gasteiger partial charge in [-0.25, -0.2) is 4.39 Å². The van der Waals surface area contributed by atoms with Crippen molar-refractivity contribution in [3.63, 3.8) is 0 Å². The van der Waals surface area contributed by atoms with Gasteiger partial charge in [-0.3, -0.25) is 0 Å². The predicted molar refractivity (Wildman–Crippen MR) is 82.6 cm³/mol. The molecule has 0 heterocycles. The topological polar surface area (TPSA) is 9.23 Å². The van der Waals surface area contributed by atoms with Crippen molar-refractivity contribution in [1.82, 2.24) is 0 Å². The summed E-state index contributed by atoms with van der Waals surface area (Å²) in [5, 5.41) is 0. The zero-order valence-corrected chi connectivity index (χ0v) is 13.8. The van der Waals surface area contributed by atoms with E-state index in [-0.39, 0.29) is 10.6 Å². The van der Waals surface area contributed by atoms with Crippen molar-refractivity contribution in [3.05, 3.63) is 63.4 Å². The number of methoxy groups -OCH3 is 1. The van der Waals surface area contributed by atoms with Crippen LogP contribution in [-0.2, 0) is 0 Å². The second-order valence-corrected chi connectivity index (χ2v) is 6.02.